The van der Waals surface area contributed by atoms with Gasteiger partial charge in [-0.3, -0.25) is 4.79 Å². The number of piperidine rings is 1. The maximum absolute atomic E-state index is 12.5. The smallest absolute Gasteiger partial charge is 0.242 e. The molecule has 1 amide bonds. The van der Waals surface area contributed by atoms with Crippen LogP contribution in [0.15, 0.2) is 18.6 Å². The molecular formula is C15H20N4OS. The highest BCUT2D eigenvalue weighted by molar-refractivity contribution is 7.11. The summed E-state index contributed by atoms with van der Waals surface area (Å²) in [5.41, 5.74) is 0. The molecule has 1 fully saturated rings. The van der Waals surface area contributed by atoms with Crippen molar-refractivity contribution >= 4 is 17.2 Å². The Labute approximate surface area is 128 Å². The topological polar surface area (TPSA) is 51.0 Å². The normalized spacial score (nSPS) is 19.0. The van der Waals surface area contributed by atoms with E-state index in [0.717, 1.165) is 31.8 Å². The fraction of sp³-hybridized carbons (Fsp3) is 0.533. The predicted molar refractivity (Wildman–Crippen MR) is 82.4 cm³/mol. The lowest BCUT2D eigenvalue weighted by molar-refractivity contribution is -0.133. The first-order chi connectivity index (χ1) is 10.1. The number of carbonyl (C=O) groups is 1. The molecule has 3 heterocycles. The Balaban J connectivity index is 1.65. The summed E-state index contributed by atoms with van der Waals surface area (Å²) in [4.78, 5) is 24.3. The molecule has 6 heteroatoms. The Morgan fingerprint density at radius 3 is 2.95 bits per heavy atom. The van der Waals surface area contributed by atoms with Crippen LogP contribution in [0.2, 0.25) is 0 Å². The molecule has 0 spiro atoms. The van der Waals surface area contributed by atoms with Crippen molar-refractivity contribution in [3.05, 3.63) is 34.3 Å². The van der Waals surface area contributed by atoms with Crippen molar-refractivity contribution in [2.24, 2.45) is 0 Å². The summed E-state index contributed by atoms with van der Waals surface area (Å²) >= 11 is 1.75. The molecular weight excluding hydrogens is 284 g/mol. The second-order valence-electron chi connectivity index (χ2n) is 5.59. The molecule has 1 saturated heterocycles. The van der Waals surface area contributed by atoms with E-state index in [-0.39, 0.29) is 5.91 Å². The van der Waals surface area contributed by atoms with Crippen molar-refractivity contribution in [2.75, 3.05) is 13.1 Å². The van der Waals surface area contributed by atoms with Crippen LogP contribution in [0.25, 0.3) is 0 Å². The van der Waals surface area contributed by atoms with Gasteiger partial charge in [-0.1, -0.05) is 0 Å². The van der Waals surface area contributed by atoms with E-state index in [0.29, 0.717) is 12.5 Å². The van der Waals surface area contributed by atoms with E-state index >= 15 is 0 Å². The third-order valence-electron chi connectivity index (χ3n) is 3.99. The summed E-state index contributed by atoms with van der Waals surface area (Å²) in [6.45, 7) is 6.03. The molecule has 0 saturated carbocycles. The highest BCUT2D eigenvalue weighted by Gasteiger charge is 2.26. The fourth-order valence-electron chi connectivity index (χ4n) is 2.78. The van der Waals surface area contributed by atoms with Crippen molar-refractivity contribution in [2.45, 2.75) is 39.2 Å². The molecule has 2 aromatic heterocycles. The second-order valence-corrected chi connectivity index (χ2v) is 6.86. The van der Waals surface area contributed by atoms with Gasteiger partial charge >= 0.3 is 0 Å². The van der Waals surface area contributed by atoms with E-state index < -0.39 is 0 Å². The van der Waals surface area contributed by atoms with Crippen molar-refractivity contribution in [3.8, 4) is 0 Å². The van der Waals surface area contributed by atoms with Gasteiger partial charge in [0, 0.05) is 42.5 Å². The van der Waals surface area contributed by atoms with Crippen molar-refractivity contribution in [1.29, 1.82) is 0 Å². The SMILES string of the molecule is Cc1cnc([C@@H]2CCCN(C(=O)Cn3ccnc3C)C2)s1. The van der Waals surface area contributed by atoms with Crippen molar-refractivity contribution < 1.29 is 4.79 Å². The molecule has 0 bridgehead atoms. The van der Waals surface area contributed by atoms with E-state index in [2.05, 4.69) is 16.9 Å². The lowest BCUT2D eigenvalue weighted by Gasteiger charge is -2.32. The van der Waals surface area contributed by atoms with Gasteiger partial charge in [-0.05, 0) is 26.7 Å². The van der Waals surface area contributed by atoms with Crippen LogP contribution in [-0.4, -0.2) is 38.4 Å². The zero-order valence-electron chi connectivity index (χ0n) is 12.5. The Morgan fingerprint density at radius 2 is 2.29 bits per heavy atom. The van der Waals surface area contributed by atoms with Gasteiger partial charge in [0.25, 0.3) is 0 Å². The van der Waals surface area contributed by atoms with Gasteiger partial charge in [-0.2, -0.15) is 0 Å². The number of amides is 1. The first-order valence-corrected chi connectivity index (χ1v) is 8.13. The van der Waals surface area contributed by atoms with Crippen molar-refractivity contribution in [3.63, 3.8) is 0 Å². The minimum Gasteiger partial charge on any atom is -0.340 e. The van der Waals surface area contributed by atoms with Crippen LogP contribution in [0.3, 0.4) is 0 Å². The van der Waals surface area contributed by atoms with E-state index in [9.17, 15) is 4.79 Å². The monoisotopic (exact) mass is 304 g/mol. The minimum absolute atomic E-state index is 0.175. The highest BCUT2D eigenvalue weighted by Crippen LogP contribution is 2.29. The van der Waals surface area contributed by atoms with E-state index in [1.807, 2.05) is 28.8 Å². The van der Waals surface area contributed by atoms with Crippen LogP contribution in [0.4, 0.5) is 0 Å². The molecule has 112 valence electrons. The number of nitrogens with zero attached hydrogens (tertiary/aromatic N) is 4. The van der Waals surface area contributed by atoms with Crippen LogP contribution < -0.4 is 0 Å². The molecule has 1 aliphatic rings. The average molecular weight is 304 g/mol. The molecule has 0 N–H and O–H groups in total. The first kappa shape index (κ1) is 14.3. The van der Waals surface area contributed by atoms with E-state index in [1.165, 1.54) is 9.88 Å². The van der Waals surface area contributed by atoms with Gasteiger partial charge in [0.15, 0.2) is 0 Å². The number of aromatic nitrogens is 3. The summed E-state index contributed by atoms with van der Waals surface area (Å²) in [7, 11) is 0. The van der Waals surface area contributed by atoms with Gasteiger partial charge < -0.3 is 9.47 Å². The number of rotatable bonds is 3. The van der Waals surface area contributed by atoms with Crippen molar-refractivity contribution in [1.82, 2.24) is 19.4 Å². The number of hydrogen-bond donors (Lipinski definition) is 0. The van der Waals surface area contributed by atoms with E-state index in [1.54, 1.807) is 17.5 Å². The van der Waals surface area contributed by atoms with Gasteiger partial charge in [0.1, 0.15) is 12.4 Å². The molecule has 0 radical (unpaired) electrons. The van der Waals surface area contributed by atoms with Gasteiger partial charge in [0.2, 0.25) is 5.91 Å². The Hall–Kier alpha value is -1.69. The molecule has 2 aromatic rings. The summed E-state index contributed by atoms with van der Waals surface area (Å²) < 4.78 is 1.90. The van der Waals surface area contributed by atoms with Gasteiger partial charge in [0.05, 0.1) is 5.01 Å². The third kappa shape index (κ3) is 3.15. The Bertz CT molecular complexity index is 633. The number of imidazole rings is 1. The Kier molecular flexibility index (Phi) is 4.05. The molecule has 1 aliphatic heterocycles. The summed E-state index contributed by atoms with van der Waals surface area (Å²) in [5.74, 6) is 1.45. The lowest BCUT2D eigenvalue weighted by atomic mass is 9.99. The van der Waals surface area contributed by atoms with Crippen LogP contribution in [0.1, 0.15) is 34.5 Å². The van der Waals surface area contributed by atoms with E-state index in [4.69, 9.17) is 0 Å². The lowest BCUT2D eigenvalue weighted by Crippen LogP contribution is -2.40. The van der Waals surface area contributed by atoms with Gasteiger partial charge in [-0.25, -0.2) is 9.97 Å². The zero-order valence-corrected chi connectivity index (χ0v) is 13.3. The molecule has 0 unspecified atom stereocenters. The largest absolute Gasteiger partial charge is 0.340 e. The number of aryl methyl sites for hydroxylation is 2. The molecule has 0 aliphatic carbocycles. The summed E-state index contributed by atoms with van der Waals surface area (Å²) in [5, 5.41) is 1.17. The maximum atomic E-state index is 12.5. The molecule has 21 heavy (non-hydrogen) atoms. The molecule has 1 atom stereocenters. The predicted octanol–water partition coefficient (Wildman–Crippen LogP) is 2.36. The summed E-state index contributed by atoms with van der Waals surface area (Å²) in [6, 6.07) is 0. The summed E-state index contributed by atoms with van der Waals surface area (Å²) in [6.07, 6.45) is 7.70. The fourth-order valence-corrected chi connectivity index (χ4v) is 3.68. The van der Waals surface area contributed by atoms with Crippen LogP contribution in [0.5, 0.6) is 0 Å². The zero-order chi connectivity index (χ0) is 14.8. The number of likely N-dealkylation sites (tertiary alicyclic amines) is 1. The molecule has 5 nitrogen and oxygen atoms in total. The Morgan fingerprint density at radius 1 is 1.43 bits per heavy atom. The number of thiazole rings is 1. The number of hydrogen-bond acceptors (Lipinski definition) is 4. The van der Waals surface area contributed by atoms with Crippen LogP contribution >= 0.6 is 11.3 Å². The quantitative estimate of drug-likeness (QED) is 0.874. The number of carbonyl (C=O) groups excluding carboxylic acids is 1. The average Bonchev–Trinajstić information content (AvgIpc) is 3.08. The highest BCUT2D eigenvalue weighted by atomic mass is 32.1. The minimum atomic E-state index is 0.175. The van der Waals surface area contributed by atoms with Gasteiger partial charge in [-0.15, -0.1) is 11.3 Å². The molecule has 0 aromatic carbocycles. The second kappa shape index (κ2) is 5.97. The third-order valence-corrected chi connectivity index (χ3v) is 5.07. The van der Waals surface area contributed by atoms with Crippen LogP contribution in [0, 0.1) is 13.8 Å². The molecule has 3 rings (SSSR count). The standard InChI is InChI=1S/C15H20N4OS/c1-11-8-17-15(21-11)13-4-3-6-19(9-13)14(20)10-18-7-5-16-12(18)2/h5,7-8,13H,3-4,6,9-10H2,1-2H3/t13-/m1/s1. The first-order valence-electron chi connectivity index (χ1n) is 7.31. The maximum Gasteiger partial charge on any atom is 0.242 e. The van der Waals surface area contributed by atoms with Crippen LogP contribution in [-0.2, 0) is 11.3 Å².